The van der Waals surface area contributed by atoms with Crippen molar-refractivity contribution in [2.45, 2.75) is 13.5 Å². The summed E-state index contributed by atoms with van der Waals surface area (Å²) in [5, 5.41) is 3.27. The summed E-state index contributed by atoms with van der Waals surface area (Å²) in [5.74, 6) is 1.63. The summed E-state index contributed by atoms with van der Waals surface area (Å²) in [6.07, 6.45) is 0. The Kier molecular flexibility index (Phi) is 4.91. The van der Waals surface area contributed by atoms with E-state index in [-0.39, 0.29) is 0 Å². The highest BCUT2D eigenvalue weighted by atomic mass is 79.9. The Morgan fingerprint density at radius 3 is 2.53 bits per heavy atom. The number of hydrogen-bond donors (Lipinski definition) is 1. The molecular weight excluding hydrogens is 258 g/mol. The second-order valence-electron chi connectivity index (χ2n) is 3.07. The summed E-state index contributed by atoms with van der Waals surface area (Å²) in [6.45, 7) is 3.79. The van der Waals surface area contributed by atoms with E-state index in [1.165, 1.54) is 0 Å². The van der Waals surface area contributed by atoms with E-state index in [4.69, 9.17) is 9.47 Å². The molecule has 1 N–H and O–H groups in total. The molecule has 1 aromatic rings. The maximum atomic E-state index is 5.32. The molecule has 0 saturated heterocycles. The number of methoxy groups -OCH3 is 2. The molecule has 1 aromatic carbocycles. The first-order chi connectivity index (χ1) is 7.22. The molecule has 0 aliphatic heterocycles. The van der Waals surface area contributed by atoms with Crippen LogP contribution >= 0.6 is 15.9 Å². The topological polar surface area (TPSA) is 30.5 Å². The van der Waals surface area contributed by atoms with Gasteiger partial charge < -0.3 is 14.8 Å². The maximum Gasteiger partial charge on any atom is 0.128 e. The lowest BCUT2D eigenvalue weighted by molar-refractivity contribution is 0.389. The second kappa shape index (κ2) is 5.98. The molecule has 84 valence electrons. The molecule has 0 bridgehead atoms. The molecule has 3 nitrogen and oxygen atoms in total. The van der Waals surface area contributed by atoms with Crippen molar-refractivity contribution in [2.24, 2.45) is 0 Å². The lowest BCUT2D eigenvalue weighted by atomic mass is 10.2. The second-order valence-corrected chi connectivity index (χ2v) is 3.92. The molecule has 0 heterocycles. The van der Waals surface area contributed by atoms with Crippen LogP contribution in [0.1, 0.15) is 12.5 Å². The molecule has 0 aliphatic rings. The van der Waals surface area contributed by atoms with Crippen LogP contribution in [0.2, 0.25) is 0 Å². The van der Waals surface area contributed by atoms with Gasteiger partial charge in [0.15, 0.2) is 0 Å². The lowest BCUT2D eigenvalue weighted by Crippen LogP contribution is -2.13. The Hall–Kier alpha value is -0.740. The Balaban J connectivity index is 3.01. The van der Waals surface area contributed by atoms with Crippen molar-refractivity contribution in [2.75, 3.05) is 20.8 Å². The summed E-state index contributed by atoms with van der Waals surface area (Å²) in [5.41, 5.74) is 1.11. The molecule has 0 radical (unpaired) electrons. The molecule has 0 atom stereocenters. The third-order valence-electron chi connectivity index (χ3n) is 2.14. The van der Waals surface area contributed by atoms with Crippen LogP contribution in [0.4, 0.5) is 0 Å². The minimum absolute atomic E-state index is 0.782. The van der Waals surface area contributed by atoms with Crippen molar-refractivity contribution < 1.29 is 9.47 Å². The predicted molar refractivity (Wildman–Crippen MR) is 64.6 cm³/mol. The Morgan fingerprint density at radius 1 is 1.27 bits per heavy atom. The highest BCUT2D eigenvalue weighted by Gasteiger charge is 2.09. The van der Waals surface area contributed by atoms with Gasteiger partial charge in [0.1, 0.15) is 11.5 Å². The Morgan fingerprint density at radius 2 is 2.00 bits per heavy atom. The van der Waals surface area contributed by atoms with Crippen LogP contribution in [0.5, 0.6) is 11.5 Å². The number of benzene rings is 1. The van der Waals surface area contributed by atoms with E-state index in [2.05, 4.69) is 28.2 Å². The molecule has 4 heteroatoms. The van der Waals surface area contributed by atoms with Gasteiger partial charge in [-0.05, 0) is 12.6 Å². The van der Waals surface area contributed by atoms with Crippen LogP contribution in [0, 0.1) is 0 Å². The van der Waals surface area contributed by atoms with E-state index in [1.807, 2.05) is 12.1 Å². The van der Waals surface area contributed by atoms with Crippen molar-refractivity contribution in [3.05, 3.63) is 22.2 Å². The molecule has 0 spiro atoms. The summed E-state index contributed by atoms with van der Waals surface area (Å²) >= 11 is 3.51. The average Bonchev–Trinajstić information content (AvgIpc) is 2.26. The van der Waals surface area contributed by atoms with Gasteiger partial charge in [-0.3, -0.25) is 0 Å². The van der Waals surface area contributed by atoms with Crippen molar-refractivity contribution in [1.29, 1.82) is 0 Å². The SMILES string of the molecule is CCNCc1c(Br)cc(OC)cc1OC. The molecule has 1 rings (SSSR count). The Bertz CT molecular complexity index is 329. The zero-order valence-electron chi connectivity index (χ0n) is 9.26. The maximum absolute atomic E-state index is 5.32. The summed E-state index contributed by atoms with van der Waals surface area (Å²) in [6, 6.07) is 3.83. The van der Waals surface area contributed by atoms with E-state index >= 15 is 0 Å². The van der Waals surface area contributed by atoms with E-state index in [9.17, 15) is 0 Å². The van der Waals surface area contributed by atoms with Crippen LogP contribution in [-0.2, 0) is 6.54 Å². The van der Waals surface area contributed by atoms with Gasteiger partial charge in [0.05, 0.1) is 14.2 Å². The molecule has 0 aromatic heterocycles. The predicted octanol–water partition coefficient (Wildman–Crippen LogP) is 2.58. The third-order valence-corrected chi connectivity index (χ3v) is 2.84. The summed E-state index contributed by atoms with van der Waals surface area (Å²) < 4.78 is 11.5. The smallest absolute Gasteiger partial charge is 0.128 e. The highest BCUT2D eigenvalue weighted by molar-refractivity contribution is 9.10. The number of nitrogens with one attached hydrogen (secondary N) is 1. The van der Waals surface area contributed by atoms with Gasteiger partial charge in [-0.1, -0.05) is 22.9 Å². The number of halogens is 1. The molecule has 0 fully saturated rings. The zero-order chi connectivity index (χ0) is 11.3. The van der Waals surface area contributed by atoms with Crippen LogP contribution in [0.15, 0.2) is 16.6 Å². The average molecular weight is 274 g/mol. The first kappa shape index (κ1) is 12.3. The highest BCUT2D eigenvalue weighted by Crippen LogP contribution is 2.32. The fourth-order valence-electron chi connectivity index (χ4n) is 1.31. The first-order valence-electron chi connectivity index (χ1n) is 4.84. The molecule has 0 amide bonds. The largest absolute Gasteiger partial charge is 0.497 e. The lowest BCUT2D eigenvalue weighted by Gasteiger charge is -2.12. The van der Waals surface area contributed by atoms with Gasteiger partial charge in [-0.25, -0.2) is 0 Å². The molecule has 0 aliphatic carbocycles. The van der Waals surface area contributed by atoms with Crippen molar-refractivity contribution in [3.8, 4) is 11.5 Å². The van der Waals surface area contributed by atoms with E-state index in [1.54, 1.807) is 14.2 Å². The van der Waals surface area contributed by atoms with Crippen molar-refractivity contribution >= 4 is 15.9 Å². The molecular formula is C11H16BrNO2. The van der Waals surface area contributed by atoms with Gasteiger partial charge in [0.2, 0.25) is 0 Å². The van der Waals surface area contributed by atoms with Crippen molar-refractivity contribution in [1.82, 2.24) is 5.32 Å². The van der Waals surface area contributed by atoms with Gasteiger partial charge in [-0.2, -0.15) is 0 Å². The van der Waals surface area contributed by atoms with Gasteiger partial charge in [0, 0.05) is 22.6 Å². The summed E-state index contributed by atoms with van der Waals surface area (Å²) in [4.78, 5) is 0. The van der Waals surface area contributed by atoms with Gasteiger partial charge >= 0.3 is 0 Å². The number of rotatable bonds is 5. The number of ether oxygens (including phenoxy) is 2. The quantitative estimate of drug-likeness (QED) is 0.895. The van der Waals surface area contributed by atoms with E-state index in [0.717, 1.165) is 34.6 Å². The van der Waals surface area contributed by atoms with Crippen molar-refractivity contribution in [3.63, 3.8) is 0 Å². The van der Waals surface area contributed by atoms with E-state index < -0.39 is 0 Å². The monoisotopic (exact) mass is 273 g/mol. The minimum Gasteiger partial charge on any atom is -0.497 e. The summed E-state index contributed by atoms with van der Waals surface area (Å²) in [7, 11) is 3.31. The third kappa shape index (κ3) is 3.11. The normalized spacial score (nSPS) is 10.1. The van der Waals surface area contributed by atoms with E-state index in [0.29, 0.717) is 0 Å². The van der Waals surface area contributed by atoms with Crippen LogP contribution < -0.4 is 14.8 Å². The Labute approximate surface area is 98.9 Å². The fraction of sp³-hybridized carbons (Fsp3) is 0.455. The first-order valence-corrected chi connectivity index (χ1v) is 5.63. The number of hydrogen-bond acceptors (Lipinski definition) is 3. The molecule has 0 saturated carbocycles. The minimum atomic E-state index is 0.782. The van der Waals surface area contributed by atoms with Gasteiger partial charge in [0.25, 0.3) is 0 Å². The van der Waals surface area contributed by atoms with Crippen LogP contribution in [0.3, 0.4) is 0 Å². The van der Waals surface area contributed by atoms with Gasteiger partial charge in [-0.15, -0.1) is 0 Å². The van der Waals surface area contributed by atoms with Crippen LogP contribution in [-0.4, -0.2) is 20.8 Å². The molecule has 0 unspecified atom stereocenters. The zero-order valence-corrected chi connectivity index (χ0v) is 10.8. The molecule has 15 heavy (non-hydrogen) atoms. The fourth-order valence-corrected chi connectivity index (χ4v) is 1.87. The standard InChI is InChI=1S/C11H16BrNO2/c1-4-13-7-9-10(12)5-8(14-2)6-11(9)15-3/h5-6,13H,4,7H2,1-3H3. The van der Waals surface area contributed by atoms with Crippen LogP contribution in [0.25, 0.3) is 0 Å².